The zero-order chi connectivity index (χ0) is 19.9. The van der Waals surface area contributed by atoms with Crippen molar-refractivity contribution in [1.29, 1.82) is 0 Å². The molecule has 2 aromatic carbocycles. The number of carbonyl (C=O) groups is 2. The van der Waals surface area contributed by atoms with Crippen LogP contribution >= 0.6 is 0 Å². The molecular weight excluding hydrogens is 354 g/mol. The number of hydrogen-bond donors (Lipinski definition) is 2. The van der Waals surface area contributed by atoms with Crippen LogP contribution < -0.4 is 15.4 Å². The van der Waals surface area contributed by atoms with Crippen molar-refractivity contribution in [1.82, 2.24) is 4.90 Å². The first-order chi connectivity index (χ1) is 13.5. The van der Waals surface area contributed by atoms with Crippen LogP contribution in [0.4, 0.5) is 11.4 Å². The predicted molar refractivity (Wildman–Crippen MR) is 111 cm³/mol. The summed E-state index contributed by atoms with van der Waals surface area (Å²) in [4.78, 5) is 26.8. The number of piperidine rings is 1. The summed E-state index contributed by atoms with van der Waals surface area (Å²) in [6.07, 6.45) is 2.10. The van der Waals surface area contributed by atoms with Crippen molar-refractivity contribution in [3.05, 3.63) is 54.1 Å². The van der Waals surface area contributed by atoms with Gasteiger partial charge >= 0.3 is 0 Å². The van der Waals surface area contributed by atoms with Crippen LogP contribution in [0.15, 0.2) is 48.5 Å². The normalized spacial score (nSPS) is 14.4. The summed E-state index contributed by atoms with van der Waals surface area (Å²) in [5, 5.41) is 5.91. The fourth-order valence-corrected chi connectivity index (χ4v) is 3.22. The van der Waals surface area contributed by atoms with E-state index in [4.69, 9.17) is 4.74 Å². The predicted octanol–water partition coefficient (Wildman–Crippen LogP) is 3.62. The Bertz CT molecular complexity index is 812. The Morgan fingerprint density at radius 1 is 1.07 bits per heavy atom. The lowest BCUT2D eigenvalue weighted by Gasteiger charge is -2.30. The van der Waals surface area contributed by atoms with Gasteiger partial charge in [-0.2, -0.15) is 0 Å². The van der Waals surface area contributed by atoms with E-state index in [0.29, 0.717) is 17.2 Å². The lowest BCUT2D eigenvalue weighted by Crippen LogP contribution is -2.37. The molecule has 1 heterocycles. The first kappa shape index (κ1) is 19.7. The Morgan fingerprint density at radius 2 is 1.79 bits per heavy atom. The topological polar surface area (TPSA) is 70.7 Å². The van der Waals surface area contributed by atoms with E-state index in [2.05, 4.69) is 17.6 Å². The Morgan fingerprint density at radius 3 is 2.46 bits per heavy atom. The molecule has 2 N–H and O–H groups in total. The van der Waals surface area contributed by atoms with Gasteiger partial charge in [0.15, 0.2) is 0 Å². The van der Waals surface area contributed by atoms with Gasteiger partial charge in [0, 0.05) is 30.0 Å². The molecule has 0 saturated carbocycles. The van der Waals surface area contributed by atoms with Crippen LogP contribution in [0.3, 0.4) is 0 Å². The number of carbonyl (C=O) groups excluding carboxylic acids is 2. The van der Waals surface area contributed by atoms with Gasteiger partial charge in [-0.15, -0.1) is 0 Å². The van der Waals surface area contributed by atoms with Gasteiger partial charge in [0.2, 0.25) is 5.91 Å². The van der Waals surface area contributed by atoms with Crippen molar-refractivity contribution < 1.29 is 14.3 Å². The van der Waals surface area contributed by atoms with Crippen LogP contribution in [0.1, 0.15) is 30.1 Å². The molecule has 0 bridgehead atoms. The number of benzene rings is 2. The fourth-order valence-electron chi connectivity index (χ4n) is 3.22. The summed E-state index contributed by atoms with van der Waals surface area (Å²) in [5.41, 5.74) is 2.10. The summed E-state index contributed by atoms with van der Waals surface area (Å²) >= 11 is 0. The van der Waals surface area contributed by atoms with Crippen LogP contribution in [0, 0.1) is 5.92 Å². The number of hydrogen-bond acceptors (Lipinski definition) is 4. The van der Waals surface area contributed by atoms with Crippen molar-refractivity contribution in [3.63, 3.8) is 0 Å². The molecule has 28 heavy (non-hydrogen) atoms. The molecule has 1 aliphatic heterocycles. The molecule has 0 aromatic heterocycles. The van der Waals surface area contributed by atoms with Crippen molar-refractivity contribution in [2.45, 2.75) is 19.8 Å². The molecule has 1 fully saturated rings. The summed E-state index contributed by atoms with van der Waals surface area (Å²) in [6.45, 7) is 3.96. The van der Waals surface area contributed by atoms with E-state index in [9.17, 15) is 9.59 Å². The van der Waals surface area contributed by atoms with Gasteiger partial charge in [0.1, 0.15) is 5.75 Å². The minimum absolute atomic E-state index is 0.0539. The monoisotopic (exact) mass is 381 g/mol. The molecular formula is C22H27N3O3. The molecule has 2 aromatic rings. The highest BCUT2D eigenvalue weighted by atomic mass is 16.5. The zero-order valence-corrected chi connectivity index (χ0v) is 16.4. The SMILES string of the molecule is COc1ccc(NC(=O)CNc2cccc(C(=O)N3CCC(C)CC3)c2)cc1. The highest BCUT2D eigenvalue weighted by Crippen LogP contribution is 2.20. The van der Waals surface area contributed by atoms with Crippen molar-refractivity contribution in [3.8, 4) is 5.75 Å². The molecule has 148 valence electrons. The lowest BCUT2D eigenvalue weighted by atomic mass is 9.98. The second kappa shape index (κ2) is 9.26. The van der Waals surface area contributed by atoms with Gasteiger partial charge in [-0.1, -0.05) is 13.0 Å². The van der Waals surface area contributed by atoms with Gasteiger partial charge in [-0.25, -0.2) is 0 Å². The number of nitrogens with one attached hydrogen (secondary N) is 2. The highest BCUT2D eigenvalue weighted by Gasteiger charge is 2.21. The van der Waals surface area contributed by atoms with Crippen LogP contribution in [-0.4, -0.2) is 43.5 Å². The van der Waals surface area contributed by atoms with Crippen LogP contribution in [-0.2, 0) is 4.79 Å². The largest absolute Gasteiger partial charge is 0.497 e. The number of ether oxygens (including phenoxy) is 1. The van der Waals surface area contributed by atoms with Gasteiger partial charge in [-0.3, -0.25) is 9.59 Å². The van der Waals surface area contributed by atoms with E-state index in [1.54, 1.807) is 37.4 Å². The maximum atomic E-state index is 12.7. The van der Waals surface area contributed by atoms with Crippen LogP contribution in [0.2, 0.25) is 0 Å². The molecule has 6 nitrogen and oxygen atoms in total. The second-order valence-corrected chi connectivity index (χ2v) is 7.19. The quantitative estimate of drug-likeness (QED) is 0.802. The molecule has 0 aliphatic carbocycles. The summed E-state index contributed by atoms with van der Waals surface area (Å²) in [5.74, 6) is 1.31. The molecule has 0 spiro atoms. The Kier molecular flexibility index (Phi) is 6.53. The smallest absolute Gasteiger partial charge is 0.253 e. The molecule has 6 heteroatoms. The maximum Gasteiger partial charge on any atom is 0.253 e. The van der Waals surface area contributed by atoms with E-state index in [0.717, 1.165) is 37.4 Å². The van der Waals surface area contributed by atoms with E-state index < -0.39 is 0 Å². The first-order valence-corrected chi connectivity index (χ1v) is 9.62. The first-order valence-electron chi connectivity index (χ1n) is 9.62. The summed E-state index contributed by atoms with van der Waals surface area (Å²) in [7, 11) is 1.60. The van der Waals surface area contributed by atoms with E-state index in [1.807, 2.05) is 23.1 Å². The Labute approximate surface area is 165 Å². The standard InChI is InChI=1S/C22H27N3O3/c1-16-10-12-25(13-11-16)22(27)17-4-3-5-19(14-17)23-15-21(26)24-18-6-8-20(28-2)9-7-18/h3-9,14,16,23H,10-13,15H2,1-2H3,(H,24,26). The molecule has 2 amide bonds. The maximum absolute atomic E-state index is 12.7. The average Bonchev–Trinajstić information content (AvgIpc) is 2.73. The van der Waals surface area contributed by atoms with Gasteiger partial charge in [0.05, 0.1) is 13.7 Å². The minimum atomic E-state index is -0.160. The molecule has 0 unspecified atom stereocenters. The lowest BCUT2D eigenvalue weighted by molar-refractivity contribution is -0.114. The van der Waals surface area contributed by atoms with Crippen molar-refractivity contribution in [2.75, 3.05) is 37.4 Å². The van der Waals surface area contributed by atoms with Gasteiger partial charge < -0.3 is 20.3 Å². The number of likely N-dealkylation sites (tertiary alicyclic amines) is 1. The zero-order valence-electron chi connectivity index (χ0n) is 16.4. The van der Waals surface area contributed by atoms with E-state index >= 15 is 0 Å². The third kappa shape index (κ3) is 5.25. The molecule has 3 rings (SSSR count). The van der Waals surface area contributed by atoms with Gasteiger partial charge in [0.25, 0.3) is 5.91 Å². The number of amides is 2. The Hall–Kier alpha value is -3.02. The fraction of sp³-hybridized carbons (Fsp3) is 0.364. The highest BCUT2D eigenvalue weighted by molar-refractivity contribution is 5.96. The summed E-state index contributed by atoms with van der Waals surface area (Å²) < 4.78 is 5.10. The van der Waals surface area contributed by atoms with Crippen LogP contribution in [0.25, 0.3) is 0 Å². The van der Waals surface area contributed by atoms with Crippen LogP contribution in [0.5, 0.6) is 5.75 Å². The number of anilines is 2. The molecule has 0 atom stereocenters. The van der Waals surface area contributed by atoms with Gasteiger partial charge in [-0.05, 0) is 61.2 Å². The summed E-state index contributed by atoms with van der Waals surface area (Å²) in [6, 6.07) is 14.5. The van der Waals surface area contributed by atoms with Crippen molar-refractivity contribution >= 4 is 23.2 Å². The third-order valence-electron chi connectivity index (χ3n) is 5.01. The molecule has 1 aliphatic rings. The average molecular weight is 381 g/mol. The number of methoxy groups -OCH3 is 1. The minimum Gasteiger partial charge on any atom is -0.497 e. The van der Waals surface area contributed by atoms with Crippen molar-refractivity contribution in [2.24, 2.45) is 5.92 Å². The second-order valence-electron chi connectivity index (χ2n) is 7.19. The Balaban J connectivity index is 1.53. The van der Waals surface area contributed by atoms with E-state index in [-0.39, 0.29) is 18.4 Å². The molecule has 1 saturated heterocycles. The third-order valence-corrected chi connectivity index (χ3v) is 5.01. The molecule has 0 radical (unpaired) electrons. The number of rotatable bonds is 6. The van der Waals surface area contributed by atoms with E-state index in [1.165, 1.54) is 0 Å². The number of nitrogens with zero attached hydrogens (tertiary/aromatic N) is 1.